The molecule has 0 aliphatic carbocycles. The van der Waals surface area contributed by atoms with Gasteiger partial charge >= 0.3 is 0 Å². The smallest absolute Gasteiger partial charge is 0.232 e. The summed E-state index contributed by atoms with van der Waals surface area (Å²) in [5.74, 6) is 0.456. The molecule has 6 nitrogen and oxygen atoms in total. The molecule has 2 N–H and O–H groups in total. The topological polar surface area (TPSA) is 66.0 Å². The molecule has 0 radical (unpaired) electrons. The molecule has 0 saturated carbocycles. The number of carbonyl (C=O) groups is 1. The van der Waals surface area contributed by atoms with Crippen molar-refractivity contribution in [3.8, 4) is 0 Å². The number of ether oxygens (including phenoxy) is 1. The van der Waals surface area contributed by atoms with E-state index in [-0.39, 0.29) is 35.8 Å². The first-order valence-corrected chi connectivity index (χ1v) is 10.2. The molecule has 1 amide bonds. The standard InChI is InChI=1S/C22H27ClN4O2.HI/c1-24-22(25-15-17-6-5-9-19(23)14-17)26-16-20(18-7-3-2-4-8-18)21(28)27-10-12-29-13-11-27;/h2-9,14,20H,10-13,15-16H2,1H3,(H2,24,25,26);1H. The van der Waals surface area contributed by atoms with Crippen molar-refractivity contribution in [1.82, 2.24) is 15.5 Å². The highest BCUT2D eigenvalue weighted by Gasteiger charge is 2.27. The largest absolute Gasteiger partial charge is 0.378 e. The SMILES string of the molecule is CN=C(NCc1cccc(Cl)c1)NCC(C(=O)N1CCOCC1)c1ccccc1.I. The number of morpholine rings is 1. The maximum Gasteiger partial charge on any atom is 0.232 e. The number of carbonyl (C=O) groups excluding carboxylic acids is 1. The lowest BCUT2D eigenvalue weighted by atomic mass is 9.97. The van der Waals surface area contributed by atoms with Crippen LogP contribution in [0.4, 0.5) is 0 Å². The van der Waals surface area contributed by atoms with Gasteiger partial charge in [-0.25, -0.2) is 0 Å². The third-order valence-electron chi connectivity index (χ3n) is 4.87. The van der Waals surface area contributed by atoms with Gasteiger partial charge < -0.3 is 20.3 Å². The fraction of sp³-hybridized carbons (Fsp3) is 0.364. The zero-order valence-electron chi connectivity index (χ0n) is 17.0. The predicted molar refractivity (Wildman–Crippen MR) is 132 cm³/mol. The molecule has 1 unspecified atom stereocenters. The Labute approximate surface area is 200 Å². The van der Waals surface area contributed by atoms with E-state index in [1.807, 2.05) is 59.5 Å². The third-order valence-corrected chi connectivity index (χ3v) is 5.10. The summed E-state index contributed by atoms with van der Waals surface area (Å²) in [6.45, 7) is 3.48. The number of rotatable bonds is 6. The van der Waals surface area contributed by atoms with Crippen LogP contribution in [-0.4, -0.2) is 56.7 Å². The van der Waals surface area contributed by atoms with E-state index in [2.05, 4.69) is 15.6 Å². The van der Waals surface area contributed by atoms with Crippen LogP contribution in [0.15, 0.2) is 59.6 Å². The van der Waals surface area contributed by atoms with Gasteiger partial charge in [-0.15, -0.1) is 24.0 Å². The van der Waals surface area contributed by atoms with Gasteiger partial charge in [-0.3, -0.25) is 9.79 Å². The lowest BCUT2D eigenvalue weighted by Gasteiger charge is -2.31. The lowest BCUT2D eigenvalue weighted by Crippen LogP contribution is -2.47. The van der Waals surface area contributed by atoms with Gasteiger partial charge in [0.15, 0.2) is 5.96 Å². The zero-order valence-corrected chi connectivity index (χ0v) is 20.1. The molecule has 2 aromatic carbocycles. The number of nitrogens with zero attached hydrogens (tertiary/aromatic N) is 2. The van der Waals surface area contributed by atoms with E-state index in [4.69, 9.17) is 16.3 Å². The molecule has 162 valence electrons. The normalized spacial score (nSPS) is 15.1. The number of guanidine groups is 1. The summed E-state index contributed by atoms with van der Waals surface area (Å²) in [6.07, 6.45) is 0. The summed E-state index contributed by atoms with van der Waals surface area (Å²) in [7, 11) is 1.72. The van der Waals surface area contributed by atoms with Crippen LogP contribution in [-0.2, 0) is 16.1 Å². The minimum Gasteiger partial charge on any atom is -0.378 e. The van der Waals surface area contributed by atoms with Gasteiger partial charge in [-0.05, 0) is 23.3 Å². The van der Waals surface area contributed by atoms with Crippen LogP contribution < -0.4 is 10.6 Å². The highest BCUT2D eigenvalue weighted by molar-refractivity contribution is 14.0. The van der Waals surface area contributed by atoms with Crippen molar-refractivity contribution in [3.63, 3.8) is 0 Å². The average molecular weight is 543 g/mol. The molecule has 1 aliphatic heterocycles. The second-order valence-corrected chi connectivity index (χ2v) is 7.27. The van der Waals surface area contributed by atoms with Gasteiger partial charge in [-0.1, -0.05) is 54.1 Å². The van der Waals surface area contributed by atoms with Crippen LogP contribution in [0.5, 0.6) is 0 Å². The second kappa shape index (κ2) is 12.8. The zero-order chi connectivity index (χ0) is 20.5. The summed E-state index contributed by atoms with van der Waals surface area (Å²) < 4.78 is 5.39. The van der Waals surface area contributed by atoms with Crippen LogP contribution in [0.1, 0.15) is 17.0 Å². The van der Waals surface area contributed by atoms with E-state index in [0.29, 0.717) is 50.4 Å². The predicted octanol–water partition coefficient (Wildman–Crippen LogP) is 3.27. The first-order valence-electron chi connectivity index (χ1n) is 9.78. The number of halogens is 2. The molecule has 0 spiro atoms. The average Bonchev–Trinajstić information content (AvgIpc) is 2.77. The number of benzene rings is 2. The van der Waals surface area contributed by atoms with Gasteiger partial charge in [0.05, 0.1) is 19.1 Å². The van der Waals surface area contributed by atoms with Crippen LogP contribution in [0.2, 0.25) is 5.02 Å². The third kappa shape index (κ3) is 7.14. The maximum absolute atomic E-state index is 13.2. The van der Waals surface area contributed by atoms with Crippen molar-refractivity contribution in [2.24, 2.45) is 4.99 Å². The molecule has 1 aliphatic rings. The van der Waals surface area contributed by atoms with Gasteiger partial charge in [0.2, 0.25) is 5.91 Å². The van der Waals surface area contributed by atoms with Crippen molar-refractivity contribution in [1.29, 1.82) is 0 Å². The van der Waals surface area contributed by atoms with Crippen molar-refractivity contribution in [3.05, 3.63) is 70.7 Å². The van der Waals surface area contributed by atoms with E-state index < -0.39 is 0 Å². The maximum atomic E-state index is 13.2. The lowest BCUT2D eigenvalue weighted by molar-refractivity contribution is -0.136. The number of amides is 1. The molecule has 8 heteroatoms. The molecule has 2 aromatic rings. The summed E-state index contributed by atoms with van der Waals surface area (Å²) in [6, 6.07) is 17.5. The van der Waals surface area contributed by atoms with Crippen LogP contribution in [0, 0.1) is 0 Å². The van der Waals surface area contributed by atoms with Crippen molar-refractivity contribution in [2.75, 3.05) is 39.9 Å². The van der Waals surface area contributed by atoms with Crippen LogP contribution >= 0.6 is 35.6 Å². The highest BCUT2D eigenvalue weighted by atomic mass is 127. The molecule has 1 fully saturated rings. The van der Waals surface area contributed by atoms with E-state index >= 15 is 0 Å². The number of hydrogen-bond acceptors (Lipinski definition) is 3. The summed E-state index contributed by atoms with van der Waals surface area (Å²) in [5.41, 5.74) is 2.05. The fourth-order valence-corrected chi connectivity index (χ4v) is 3.50. The first kappa shape index (κ1) is 24.4. The Morgan fingerprint density at radius 3 is 2.53 bits per heavy atom. The Morgan fingerprint density at radius 1 is 1.13 bits per heavy atom. The summed E-state index contributed by atoms with van der Waals surface area (Å²) in [5, 5.41) is 7.27. The van der Waals surface area contributed by atoms with Crippen molar-refractivity contribution < 1.29 is 9.53 Å². The Kier molecular flexibility index (Phi) is 10.4. The molecule has 3 rings (SSSR count). The van der Waals surface area contributed by atoms with Crippen molar-refractivity contribution >= 4 is 47.4 Å². The highest BCUT2D eigenvalue weighted by Crippen LogP contribution is 2.19. The fourth-order valence-electron chi connectivity index (χ4n) is 3.29. The Morgan fingerprint density at radius 2 is 1.87 bits per heavy atom. The minimum atomic E-state index is -0.293. The van der Waals surface area contributed by atoms with E-state index in [0.717, 1.165) is 11.1 Å². The first-order chi connectivity index (χ1) is 14.2. The second-order valence-electron chi connectivity index (χ2n) is 6.84. The molecule has 0 bridgehead atoms. The number of nitrogens with one attached hydrogen (secondary N) is 2. The summed E-state index contributed by atoms with van der Waals surface area (Å²) in [4.78, 5) is 19.3. The molecular formula is C22H28ClIN4O2. The molecule has 1 saturated heterocycles. The summed E-state index contributed by atoms with van der Waals surface area (Å²) >= 11 is 6.05. The number of aliphatic imine (C=N–C) groups is 1. The van der Waals surface area contributed by atoms with Gasteiger partial charge in [0, 0.05) is 38.2 Å². The quantitative estimate of drug-likeness (QED) is 0.334. The molecule has 30 heavy (non-hydrogen) atoms. The minimum absolute atomic E-state index is 0. The Balaban J connectivity index is 0.00000320. The molecular weight excluding hydrogens is 515 g/mol. The van der Waals surface area contributed by atoms with Gasteiger partial charge in [0.25, 0.3) is 0 Å². The van der Waals surface area contributed by atoms with Crippen LogP contribution in [0.25, 0.3) is 0 Å². The monoisotopic (exact) mass is 542 g/mol. The van der Waals surface area contributed by atoms with Crippen molar-refractivity contribution in [2.45, 2.75) is 12.5 Å². The Bertz CT molecular complexity index is 829. The Hall–Kier alpha value is -1.84. The number of hydrogen-bond donors (Lipinski definition) is 2. The van der Waals surface area contributed by atoms with Gasteiger partial charge in [-0.2, -0.15) is 0 Å². The molecule has 0 aromatic heterocycles. The molecule has 1 heterocycles. The van der Waals surface area contributed by atoms with E-state index in [1.54, 1.807) is 7.05 Å². The van der Waals surface area contributed by atoms with E-state index in [1.165, 1.54) is 0 Å². The van der Waals surface area contributed by atoms with Gasteiger partial charge in [0.1, 0.15) is 0 Å². The van der Waals surface area contributed by atoms with E-state index in [9.17, 15) is 4.79 Å². The van der Waals surface area contributed by atoms with Crippen LogP contribution in [0.3, 0.4) is 0 Å². The molecule has 1 atom stereocenters.